The van der Waals surface area contributed by atoms with Crippen LogP contribution in [0.15, 0.2) is 66.9 Å². The molecule has 6 heteroatoms. The Bertz CT molecular complexity index is 1140. The lowest BCUT2D eigenvalue weighted by atomic mass is 10.1. The minimum Gasteiger partial charge on any atom is -0.488 e. The summed E-state index contributed by atoms with van der Waals surface area (Å²) in [4.78, 5) is 3.32. The first kappa shape index (κ1) is 21.1. The highest BCUT2D eigenvalue weighted by atomic mass is 35.5. The fraction of sp³-hybridized carbons (Fsp3) is 0.167. The Morgan fingerprint density at radius 2 is 1.67 bits per heavy atom. The van der Waals surface area contributed by atoms with E-state index in [-0.39, 0.29) is 0 Å². The summed E-state index contributed by atoms with van der Waals surface area (Å²) in [5.41, 5.74) is 4.23. The SMILES string of the molecule is Clc1ccc(OCc2c(Cl)cccc2Cl)c(CNCCc2c[nH]c3ccccc23)c1. The predicted molar refractivity (Wildman–Crippen MR) is 126 cm³/mol. The van der Waals surface area contributed by atoms with Crippen LogP contribution >= 0.6 is 34.8 Å². The summed E-state index contributed by atoms with van der Waals surface area (Å²) in [7, 11) is 0. The van der Waals surface area contributed by atoms with E-state index in [1.165, 1.54) is 10.9 Å². The second-order valence-corrected chi connectivity index (χ2v) is 8.28. The highest BCUT2D eigenvalue weighted by Crippen LogP contribution is 2.28. The van der Waals surface area contributed by atoms with Crippen LogP contribution in [0, 0.1) is 0 Å². The van der Waals surface area contributed by atoms with Crippen molar-refractivity contribution in [2.45, 2.75) is 19.6 Å². The lowest BCUT2D eigenvalue weighted by Crippen LogP contribution is -2.17. The molecule has 0 radical (unpaired) electrons. The van der Waals surface area contributed by atoms with Crippen molar-refractivity contribution in [3.8, 4) is 5.75 Å². The number of fused-ring (bicyclic) bond motifs is 1. The van der Waals surface area contributed by atoms with E-state index in [1.807, 2.05) is 30.3 Å². The molecule has 0 atom stereocenters. The van der Waals surface area contributed by atoms with Gasteiger partial charge in [-0.25, -0.2) is 0 Å². The fourth-order valence-electron chi connectivity index (χ4n) is 3.43. The zero-order chi connectivity index (χ0) is 20.9. The molecule has 4 aromatic rings. The van der Waals surface area contributed by atoms with Crippen LogP contribution in [0.1, 0.15) is 16.7 Å². The number of aromatic nitrogens is 1. The van der Waals surface area contributed by atoms with Crippen LogP contribution in [0.2, 0.25) is 15.1 Å². The molecule has 2 N–H and O–H groups in total. The van der Waals surface area contributed by atoms with Crippen LogP contribution in [0.4, 0.5) is 0 Å². The van der Waals surface area contributed by atoms with Crippen LogP contribution in [-0.2, 0) is 19.6 Å². The molecule has 4 rings (SSSR count). The zero-order valence-electron chi connectivity index (χ0n) is 16.2. The summed E-state index contributed by atoms with van der Waals surface area (Å²) in [6.45, 7) is 1.78. The molecule has 3 aromatic carbocycles. The summed E-state index contributed by atoms with van der Waals surface area (Å²) < 4.78 is 6.03. The summed E-state index contributed by atoms with van der Waals surface area (Å²) >= 11 is 18.7. The van der Waals surface area contributed by atoms with Crippen molar-refractivity contribution in [2.24, 2.45) is 0 Å². The summed E-state index contributed by atoms with van der Waals surface area (Å²) in [6, 6.07) is 19.4. The van der Waals surface area contributed by atoms with Gasteiger partial charge in [0.2, 0.25) is 0 Å². The maximum Gasteiger partial charge on any atom is 0.124 e. The van der Waals surface area contributed by atoms with Crippen LogP contribution in [0.3, 0.4) is 0 Å². The molecular weight excluding hydrogens is 439 g/mol. The molecule has 0 aliphatic heterocycles. The van der Waals surface area contributed by atoms with Gasteiger partial charge in [0.05, 0.1) is 0 Å². The average Bonchev–Trinajstić information content (AvgIpc) is 3.15. The molecule has 3 nitrogen and oxygen atoms in total. The Morgan fingerprint density at radius 3 is 2.50 bits per heavy atom. The average molecular weight is 460 g/mol. The molecule has 0 aliphatic carbocycles. The number of nitrogens with one attached hydrogen (secondary N) is 2. The number of para-hydroxylation sites is 1. The largest absolute Gasteiger partial charge is 0.488 e. The van der Waals surface area contributed by atoms with Crippen molar-refractivity contribution < 1.29 is 4.74 Å². The minimum atomic E-state index is 0.294. The Hall–Kier alpha value is -2.17. The summed E-state index contributed by atoms with van der Waals surface area (Å²) in [5.74, 6) is 0.759. The Morgan fingerprint density at radius 1 is 0.867 bits per heavy atom. The van der Waals surface area contributed by atoms with E-state index < -0.39 is 0 Å². The van der Waals surface area contributed by atoms with Gasteiger partial charge in [0.25, 0.3) is 0 Å². The third kappa shape index (κ3) is 4.93. The number of rotatable bonds is 8. The van der Waals surface area contributed by atoms with Gasteiger partial charge in [-0.3, -0.25) is 0 Å². The van der Waals surface area contributed by atoms with Crippen molar-refractivity contribution in [1.82, 2.24) is 10.3 Å². The minimum absolute atomic E-state index is 0.294. The Labute approximate surface area is 190 Å². The summed E-state index contributed by atoms with van der Waals surface area (Å²) in [5, 5.41) is 6.61. The van der Waals surface area contributed by atoms with Gasteiger partial charge in [-0.05, 0) is 54.9 Å². The fourth-order valence-corrected chi connectivity index (χ4v) is 4.13. The molecule has 154 valence electrons. The normalized spacial score (nSPS) is 11.2. The van der Waals surface area contributed by atoms with E-state index in [0.717, 1.165) is 35.4 Å². The second-order valence-electron chi connectivity index (χ2n) is 7.03. The monoisotopic (exact) mass is 458 g/mol. The lowest BCUT2D eigenvalue weighted by Gasteiger charge is -2.14. The molecule has 30 heavy (non-hydrogen) atoms. The standard InChI is InChI=1S/C24H21Cl3N2O/c25-18-8-9-24(30-15-20-21(26)5-3-6-22(20)27)17(12-18)13-28-11-10-16-14-29-23-7-2-1-4-19(16)23/h1-9,12,14,28-29H,10-11,13,15H2. The van der Waals surface area contributed by atoms with E-state index in [4.69, 9.17) is 39.5 Å². The number of benzene rings is 3. The number of halogens is 3. The highest BCUT2D eigenvalue weighted by Gasteiger charge is 2.10. The molecular formula is C24H21Cl3N2O. The third-order valence-corrected chi connectivity index (χ3v) is 5.96. The van der Waals surface area contributed by atoms with E-state index in [9.17, 15) is 0 Å². The molecule has 0 unspecified atom stereocenters. The van der Waals surface area contributed by atoms with Gasteiger partial charge >= 0.3 is 0 Å². The van der Waals surface area contributed by atoms with E-state index in [0.29, 0.717) is 28.2 Å². The quantitative estimate of drug-likeness (QED) is 0.277. The molecule has 1 aromatic heterocycles. The Balaban J connectivity index is 1.38. The van der Waals surface area contributed by atoms with Crippen LogP contribution in [0.25, 0.3) is 10.9 Å². The molecule has 0 saturated carbocycles. The van der Waals surface area contributed by atoms with Gasteiger partial charge in [0.15, 0.2) is 0 Å². The van der Waals surface area contributed by atoms with Crippen LogP contribution in [0.5, 0.6) is 5.75 Å². The van der Waals surface area contributed by atoms with Crippen molar-refractivity contribution in [3.05, 3.63) is 98.6 Å². The van der Waals surface area contributed by atoms with Gasteiger partial charge in [-0.2, -0.15) is 0 Å². The van der Waals surface area contributed by atoms with Crippen molar-refractivity contribution in [2.75, 3.05) is 6.54 Å². The van der Waals surface area contributed by atoms with Crippen molar-refractivity contribution in [1.29, 1.82) is 0 Å². The molecule has 0 amide bonds. The lowest BCUT2D eigenvalue weighted by molar-refractivity contribution is 0.302. The molecule has 0 saturated heterocycles. The van der Waals surface area contributed by atoms with Crippen molar-refractivity contribution in [3.63, 3.8) is 0 Å². The number of ether oxygens (including phenoxy) is 1. The first-order chi connectivity index (χ1) is 14.6. The number of hydrogen-bond donors (Lipinski definition) is 2. The third-order valence-electron chi connectivity index (χ3n) is 5.02. The van der Waals surface area contributed by atoms with Gasteiger partial charge in [-0.15, -0.1) is 0 Å². The number of hydrogen-bond acceptors (Lipinski definition) is 2. The zero-order valence-corrected chi connectivity index (χ0v) is 18.5. The van der Waals surface area contributed by atoms with E-state index in [1.54, 1.807) is 12.1 Å². The smallest absolute Gasteiger partial charge is 0.124 e. The van der Waals surface area contributed by atoms with Crippen LogP contribution < -0.4 is 10.1 Å². The van der Waals surface area contributed by atoms with E-state index in [2.05, 4.69) is 34.7 Å². The van der Waals surface area contributed by atoms with Crippen molar-refractivity contribution >= 4 is 45.7 Å². The molecule has 0 fully saturated rings. The first-order valence-electron chi connectivity index (χ1n) is 9.71. The van der Waals surface area contributed by atoms with Gasteiger partial charge in [-0.1, -0.05) is 59.1 Å². The van der Waals surface area contributed by atoms with E-state index >= 15 is 0 Å². The number of aromatic amines is 1. The maximum absolute atomic E-state index is 6.25. The molecule has 1 heterocycles. The molecule has 0 bridgehead atoms. The van der Waals surface area contributed by atoms with Crippen LogP contribution in [-0.4, -0.2) is 11.5 Å². The van der Waals surface area contributed by atoms with Gasteiger partial charge < -0.3 is 15.0 Å². The second kappa shape index (κ2) is 9.76. The first-order valence-corrected chi connectivity index (χ1v) is 10.8. The predicted octanol–water partition coefficient (Wildman–Crippen LogP) is 7.04. The maximum atomic E-state index is 6.25. The van der Waals surface area contributed by atoms with Gasteiger partial charge in [0, 0.05) is 49.8 Å². The number of H-pyrrole nitrogens is 1. The topological polar surface area (TPSA) is 37.0 Å². The Kier molecular flexibility index (Phi) is 6.86. The highest BCUT2D eigenvalue weighted by molar-refractivity contribution is 6.36. The molecule has 0 aliphatic rings. The van der Waals surface area contributed by atoms with Gasteiger partial charge in [0.1, 0.15) is 12.4 Å². The molecule has 0 spiro atoms. The summed E-state index contributed by atoms with van der Waals surface area (Å²) in [6.07, 6.45) is 3.00.